The summed E-state index contributed by atoms with van der Waals surface area (Å²) in [5, 5.41) is 5.41. The number of hydrogen-bond acceptors (Lipinski definition) is 4. The standard InChI is InChI=1S/C21H20F2N4O3S/c1-13(28)24-10-11-26-18(12-19(29)25-16-6-2-14(22)3-7-16)20(30)27(21(26)31)17-8-4-15(23)5-9-17/h2-9,18H,10-12H2,1H3,(H,24,28)(H,25,29)/t18-/m0/s1. The summed E-state index contributed by atoms with van der Waals surface area (Å²) < 4.78 is 26.4. The fourth-order valence-corrected chi connectivity index (χ4v) is 3.60. The van der Waals surface area contributed by atoms with E-state index in [0.29, 0.717) is 11.4 Å². The zero-order valence-electron chi connectivity index (χ0n) is 16.6. The molecular formula is C21H20F2N4O3S. The summed E-state index contributed by atoms with van der Waals surface area (Å²) in [4.78, 5) is 39.7. The molecule has 2 N–H and O–H groups in total. The van der Waals surface area contributed by atoms with E-state index in [1.54, 1.807) is 4.90 Å². The second kappa shape index (κ2) is 9.61. The lowest BCUT2D eigenvalue weighted by Gasteiger charge is -2.23. The van der Waals surface area contributed by atoms with Gasteiger partial charge in [-0.25, -0.2) is 8.78 Å². The van der Waals surface area contributed by atoms with Gasteiger partial charge in [-0.3, -0.25) is 19.3 Å². The summed E-state index contributed by atoms with van der Waals surface area (Å²) in [6, 6.07) is 9.60. The van der Waals surface area contributed by atoms with Gasteiger partial charge in [0.25, 0.3) is 5.91 Å². The molecule has 31 heavy (non-hydrogen) atoms. The van der Waals surface area contributed by atoms with Crippen LogP contribution >= 0.6 is 12.2 Å². The van der Waals surface area contributed by atoms with Crippen LogP contribution in [0.3, 0.4) is 0 Å². The van der Waals surface area contributed by atoms with E-state index in [4.69, 9.17) is 12.2 Å². The molecule has 0 bridgehead atoms. The Labute approximate surface area is 183 Å². The van der Waals surface area contributed by atoms with Gasteiger partial charge >= 0.3 is 0 Å². The minimum Gasteiger partial charge on any atom is -0.355 e. The number of thiocarbonyl (C=S) groups is 1. The SMILES string of the molecule is CC(=O)NCCN1C(=S)N(c2ccc(F)cc2)C(=O)[C@@H]1CC(=O)Nc1ccc(F)cc1. The molecule has 1 saturated heterocycles. The molecule has 0 aromatic heterocycles. The molecule has 0 unspecified atom stereocenters. The molecule has 0 saturated carbocycles. The molecule has 2 aromatic carbocycles. The van der Waals surface area contributed by atoms with Gasteiger partial charge in [0.05, 0.1) is 12.1 Å². The van der Waals surface area contributed by atoms with E-state index >= 15 is 0 Å². The average Bonchev–Trinajstić information content (AvgIpc) is 2.94. The lowest BCUT2D eigenvalue weighted by molar-refractivity contribution is -0.124. The maximum Gasteiger partial charge on any atom is 0.256 e. The Morgan fingerprint density at radius 3 is 2.19 bits per heavy atom. The second-order valence-corrected chi connectivity index (χ2v) is 7.25. The van der Waals surface area contributed by atoms with Crippen LogP contribution in [0.2, 0.25) is 0 Å². The largest absolute Gasteiger partial charge is 0.355 e. The number of nitrogens with zero attached hydrogens (tertiary/aromatic N) is 2. The summed E-state index contributed by atoms with van der Waals surface area (Å²) >= 11 is 5.46. The van der Waals surface area contributed by atoms with Gasteiger partial charge < -0.3 is 15.5 Å². The molecule has 0 spiro atoms. The molecule has 7 nitrogen and oxygen atoms in total. The van der Waals surface area contributed by atoms with Gasteiger partial charge in [0.15, 0.2) is 5.11 Å². The van der Waals surface area contributed by atoms with Crippen LogP contribution in [0, 0.1) is 11.6 Å². The van der Waals surface area contributed by atoms with E-state index in [0.717, 1.165) is 0 Å². The number of carbonyl (C=O) groups is 3. The molecule has 2 aromatic rings. The average molecular weight is 446 g/mol. The summed E-state index contributed by atoms with van der Waals surface area (Å²) in [6.07, 6.45) is -0.214. The van der Waals surface area contributed by atoms with Crippen molar-refractivity contribution in [3.05, 3.63) is 60.2 Å². The number of halogens is 2. The number of anilines is 2. The Kier molecular flexibility index (Phi) is 6.91. The van der Waals surface area contributed by atoms with Crippen LogP contribution in [-0.2, 0) is 14.4 Å². The predicted molar refractivity (Wildman–Crippen MR) is 115 cm³/mol. The Hall–Kier alpha value is -3.40. The predicted octanol–water partition coefficient (Wildman–Crippen LogP) is 2.43. The normalized spacial score (nSPS) is 15.9. The van der Waals surface area contributed by atoms with Crippen molar-refractivity contribution in [3.8, 4) is 0 Å². The highest BCUT2D eigenvalue weighted by molar-refractivity contribution is 7.80. The molecule has 1 aliphatic heterocycles. The summed E-state index contributed by atoms with van der Waals surface area (Å²) in [5.41, 5.74) is 0.766. The van der Waals surface area contributed by atoms with Crippen molar-refractivity contribution >= 4 is 46.4 Å². The van der Waals surface area contributed by atoms with Crippen LogP contribution in [0.1, 0.15) is 13.3 Å². The number of hydrogen-bond donors (Lipinski definition) is 2. The molecule has 1 aliphatic rings. The van der Waals surface area contributed by atoms with Gasteiger partial charge in [-0.15, -0.1) is 0 Å². The van der Waals surface area contributed by atoms with Gasteiger partial charge in [0.1, 0.15) is 17.7 Å². The van der Waals surface area contributed by atoms with Crippen LogP contribution in [0.25, 0.3) is 0 Å². The monoisotopic (exact) mass is 446 g/mol. The highest BCUT2D eigenvalue weighted by Gasteiger charge is 2.43. The van der Waals surface area contributed by atoms with Crippen LogP contribution < -0.4 is 15.5 Å². The van der Waals surface area contributed by atoms with Gasteiger partial charge in [-0.2, -0.15) is 0 Å². The molecule has 0 radical (unpaired) electrons. The van der Waals surface area contributed by atoms with E-state index in [1.165, 1.54) is 60.4 Å². The summed E-state index contributed by atoms with van der Waals surface area (Å²) in [5.74, 6) is -2.03. The second-order valence-electron chi connectivity index (χ2n) is 6.88. The first-order chi connectivity index (χ1) is 14.8. The third-order valence-corrected chi connectivity index (χ3v) is 5.05. The molecule has 1 fully saturated rings. The number of benzene rings is 2. The van der Waals surface area contributed by atoms with Gasteiger partial charge in [0.2, 0.25) is 11.8 Å². The van der Waals surface area contributed by atoms with E-state index in [9.17, 15) is 23.2 Å². The molecule has 1 atom stereocenters. The Balaban J connectivity index is 1.79. The van der Waals surface area contributed by atoms with Gasteiger partial charge in [-0.05, 0) is 60.7 Å². The molecule has 10 heteroatoms. The number of amides is 3. The maximum absolute atomic E-state index is 13.3. The first-order valence-corrected chi connectivity index (χ1v) is 9.87. The van der Waals surface area contributed by atoms with Crippen LogP contribution in [0.4, 0.5) is 20.2 Å². The summed E-state index contributed by atoms with van der Waals surface area (Å²) in [7, 11) is 0. The quantitative estimate of drug-likeness (QED) is 0.639. The zero-order valence-corrected chi connectivity index (χ0v) is 17.4. The first-order valence-electron chi connectivity index (χ1n) is 9.46. The number of carbonyl (C=O) groups excluding carboxylic acids is 3. The Bertz CT molecular complexity index is 999. The van der Waals surface area contributed by atoms with Gasteiger partial charge in [-0.1, -0.05) is 0 Å². The number of nitrogens with one attached hydrogen (secondary N) is 2. The minimum absolute atomic E-state index is 0.154. The Morgan fingerprint density at radius 2 is 1.61 bits per heavy atom. The van der Waals surface area contributed by atoms with Crippen LogP contribution in [0.5, 0.6) is 0 Å². The first kappa shape index (κ1) is 22.3. The minimum atomic E-state index is -0.910. The van der Waals surface area contributed by atoms with Crippen molar-refractivity contribution in [1.82, 2.24) is 10.2 Å². The van der Waals surface area contributed by atoms with Crippen molar-refractivity contribution in [2.24, 2.45) is 0 Å². The molecule has 3 amide bonds. The third kappa shape index (κ3) is 5.40. The van der Waals surface area contributed by atoms with Crippen LogP contribution in [-0.4, -0.2) is 46.9 Å². The molecular weight excluding hydrogens is 426 g/mol. The topological polar surface area (TPSA) is 81.8 Å². The van der Waals surface area contributed by atoms with Crippen molar-refractivity contribution in [1.29, 1.82) is 0 Å². The molecule has 1 heterocycles. The fourth-order valence-electron chi connectivity index (χ4n) is 3.19. The van der Waals surface area contributed by atoms with Crippen molar-refractivity contribution < 1.29 is 23.2 Å². The van der Waals surface area contributed by atoms with Crippen molar-refractivity contribution in [2.45, 2.75) is 19.4 Å². The highest BCUT2D eigenvalue weighted by Crippen LogP contribution is 2.27. The zero-order chi connectivity index (χ0) is 22.5. The van der Waals surface area contributed by atoms with E-state index in [-0.39, 0.29) is 30.5 Å². The Morgan fingerprint density at radius 1 is 1.03 bits per heavy atom. The van der Waals surface area contributed by atoms with E-state index in [2.05, 4.69) is 10.6 Å². The van der Waals surface area contributed by atoms with Crippen molar-refractivity contribution in [2.75, 3.05) is 23.3 Å². The van der Waals surface area contributed by atoms with Crippen molar-refractivity contribution in [3.63, 3.8) is 0 Å². The smallest absolute Gasteiger partial charge is 0.256 e. The fraction of sp³-hybridized carbons (Fsp3) is 0.238. The lowest BCUT2D eigenvalue weighted by atomic mass is 10.1. The molecule has 162 valence electrons. The maximum atomic E-state index is 13.3. The van der Waals surface area contributed by atoms with Gasteiger partial charge in [0, 0.05) is 25.7 Å². The molecule has 0 aliphatic carbocycles. The van der Waals surface area contributed by atoms with E-state index < -0.39 is 29.5 Å². The van der Waals surface area contributed by atoms with E-state index in [1.807, 2.05) is 0 Å². The van der Waals surface area contributed by atoms with Crippen LogP contribution in [0.15, 0.2) is 48.5 Å². The molecule has 3 rings (SSSR count). The highest BCUT2D eigenvalue weighted by atomic mass is 32.1. The number of rotatable bonds is 7. The third-order valence-electron chi connectivity index (χ3n) is 4.64. The lowest BCUT2D eigenvalue weighted by Crippen LogP contribution is -2.42. The summed E-state index contributed by atoms with van der Waals surface area (Å²) in [6.45, 7) is 1.79.